The van der Waals surface area contributed by atoms with Gasteiger partial charge in [-0.2, -0.15) is 13.2 Å². The molecule has 2 aliphatic carbocycles. The van der Waals surface area contributed by atoms with E-state index in [0.717, 1.165) is 17.7 Å². The summed E-state index contributed by atoms with van der Waals surface area (Å²) in [6, 6.07) is -1.97. The Bertz CT molecular complexity index is 1300. The van der Waals surface area contributed by atoms with Gasteiger partial charge in [0.15, 0.2) is 5.69 Å². The van der Waals surface area contributed by atoms with Crippen LogP contribution in [0, 0.1) is 5.92 Å². The summed E-state index contributed by atoms with van der Waals surface area (Å²) < 4.78 is 63.7. The normalized spacial score (nSPS) is 24.2. The van der Waals surface area contributed by atoms with Crippen molar-refractivity contribution in [3.8, 4) is 0 Å². The predicted molar refractivity (Wildman–Crippen MR) is 137 cm³/mol. The van der Waals surface area contributed by atoms with Gasteiger partial charge < -0.3 is 25.6 Å². The van der Waals surface area contributed by atoms with Gasteiger partial charge in [0.05, 0.1) is 19.2 Å². The number of halogens is 4. The van der Waals surface area contributed by atoms with E-state index in [1.807, 2.05) is 5.32 Å². The lowest BCUT2D eigenvalue weighted by Gasteiger charge is -2.31. The summed E-state index contributed by atoms with van der Waals surface area (Å²) in [7, 11) is 1.35. The molecule has 3 fully saturated rings. The summed E-state index contributed by atoms with van der Waals surface area (Å²) in [6.07, 6.45) is -1.37. The third-order valence-corrected chi connectivity index (χ3v) is 7.89. The first-order chi connectivity index (χ1) is 20.0. The van der Waals surface area contributed by atoms with Gasteiger partial charge in [0.1, 0.15) is 29.8 Å². The van der Waals surface area contributed by atoms with E-state index >= 15 is 0 Å². The summed E-state index contributed by atoms with van der Waals surface area (Å²) in [4.78, 5) is 44.3. The molecular formula is C26H31F4N7O5. The highest BCUT2D eigenvalue weighted by molar-refractivity contribution is 6.00. The molecule has 0 radical (unpaired) electrons. The van der Waals surface area contributed by atoms with Crippen molar-refractivity contribution in [2.45, 2.75) is 74.9 Å². The molecule has 0 spiro atoms. The van der Waals surface area contributed by atoms with Crippen molar-refractivity contribution >= 4 is 23.7 Å². The number of carbonyl (C=O) groups is 3. The first-order valence-corrected chi connectivity index (χ1v) is 13.7. The second-order valence-corrected chi connectivity index (χ2v) is 10.9. The third-order valence-electron chi connectivity index (χ3n) is 7.89. The Morgan fingerprint density at radius 1 is 1.19 bits per heavy atom. The molecule has 4 amide bonds. The van der Waals surface area contributed by atoms with Crippen molar-refractivity contribution in [2.75, 3.05) is 25.6 Å². The Kier molecular flexibility index (Phi) is 8.61. The van der Waals surface area contributed by atoms with Crippen LogP contribution in [0.1, 0.15) is 72.2 Å². The highest BCUT2D eigenvalue weighted by Crippen LogP contribution is 2.40. The average Bonchev–Trinajstić information content (AvgIpc) is 3.53. The highest BCUT2D eigenvalue weighted by atomic mass is 19.4. The number of amides is 4. The number of hydrogen-bond acceptors (Lipinski definition) is 8. The van der Waals surface area contributed by atoms with Crippen LogP contribution in [0.3, 0.4) is 0 Å². The van der Waals surface area contributed by atoms with Crippen LogP contribution in [0.2, 0.25) is 0 Å². The van der Waals surface area contributed by atoms with Gasteiger partial charge in [-0.05, 0) is 67.3 Å². The fraction of sp³-hybridized carbons (Fsp3) is 0.615. The lowest BCUT2D eigenvalue weighted by Crippen LogP contribution is -2.49. The molecule has 3 atom stereocenters. The number of pyridine rings is 1. The Morgan fingerprint density at radius 3 is 2.57 bits per heavy atom. The molecule has 3 heterocycles. The van der Waals surface area contributed by atoms with Crippen LogP contribution in [-0.2, 0) is 9.53 Å². The number of urea groups is 1. The van der Waals surface area contributed by atoms with Gasteiger partial charge >= 0.3 is 12.2 Å². The number of ether oxygens (including phenoxy) is 1. The molecule has 42 heavy (non-hydrogen) atoms. The van der Waals surface area contributed by atoms with Gasteiger partial charge in [0.25, 0.3) is 5.91 Å². The van der Waals surface area contributed by atoms with Crippen LogP contribution in [0.15, 0.2) is 23.0 Å². The molecule has 228 valence electrons. The van der Waals surface area contributed by atoms with E-state index in [1.54, 1.807) is 0 Å². The minimum atomic E-state index is -4.62. The molecule has 1 aliphatic heterocycles. The summed E-state index contributed by atoms with van der Waals surface area (Å²) >= 11 is 0. The molecule has 2 aromatic rings. The number of carbonyl (C=O) groups excluding carboxylic acids is 3. The van der Waals surface area contributed by atoms with Gasteiger partial charge in [-0.3, -0.25) is 9.59 Å². The monoisotopic (exact) mass is 597 g/mol. The topological polar surface area (TPSA) is 152 Å². The summed E-state index contributed by atoms with van der Waals surface area (Å²) in [6.45, 7) is -0.735. The maximum absolute atomic E-state index is 13.9. The van der Waals surface area contributed by atoms with E-state index in [4.69, 9.17) is 9.37 Å². The van der Waals surface area contributed by atoms with Crippen LogP contribution in [0.5, 0.6) is 0 Å². The second kappa shape index (κ2) is 12.2. The van der Waals surface area contributed by atoms with Crippen LogP contribution in [0.4, 0.5) is 28.2 Å². The average molecular weight is 598 g/mol. The van der Waals surface area contributed by atoms with E-state index in [0.29, 0.717) is 24.1 Å². The number of alkyl halides is 4. The second-order valence-electron chi connectivity index (χ2n) is 10.9. The SMILES string of the molecule is COC[C@H](c1ccnc(NC(=O)C(NC(=O)c2nonc2C2CC2)C2CCC(F)CC2)c1)N1C[C@@H](C(F)(F)F)NC1=O. The lowest BCUT2D eigenvalue weighted by atomic mass is 9.82. The van der Waals surface area contributed by atoms with Gasteiger partial charge in [-0.15, -0.1) is 0 Å². The van der Waals surface area contributed by atoms with Crippen molar-refractivity contribution in [2.24, 2.45) is 5.92 Å². The first kappa shape index (κ1) is 29.7. The number of anilines is 1. The standard InChI is InChI=1S/C26H31F4N7O5/c1-41-12-17(37-11-18(26(28,29)30)32-25(37)40)15-8-9-31-19(10-15)33-23(38)21(14-4-6-16(27)7-5-14)34-24(39)22-20(13-2-3-13)35-42-36-22/h8-10,13-14,16-18,21H,2-7,11-12H2,1H3,(H,32,40)(H,34,39)(H,31,33,38)/t14?,16?,17-,18+,21?/m1/s1. The number of aromatic nitrogens is 3. The third kappa shape index (κ3) is 6.63. The van der Waals surface area contributed by atoms with E-state index in [9.17, 15) is 31.9 Å². The Morgan fingerprint density at radius 2 is 1.93 bits per heavy atom. The van der Waals surface area contributed by atoms with Gasteiger partial charge in [0.2, 0.25) is 5.91 Å². The highest BCUT2D eigenvalue weighted by Gasteiger charge is 2.48. The van der Waals surface area contributed by atoms with Crippen molar-refractivity contribution in [1.29, 1.82) is 0 Å². The maximum Gasteiger partial charge on any atom is 0.410 e. The fourth-order valence-corrected chi connectivity index (χ4v) is 5.46. The molecule has 1 unspecified atom stereocenters. The first-order valence-electron chi connectivity index (χ1n) is 13.7. The van der Waals surface area contributed by atoms with Gasteiger partial charge in [0, 0.05) is 19.2 Å². The van der Waals surface area contributed by atoms with Crippen LogP contribution in [0.25, 0.3) is 0 Å². The van der Waals surface area contributed by atoms with Crippen LogP contribution in [-0.4, -0.2) is 82.7 Å². The van der Waals surface area contributed by atoms with E-state index in [2.05, 4.69) is 25.9 Å². The zero-order valence-electron chi connectivity index (χ0n) is 22.7. The molecule has 0 bridgehead atoms. The smallest absolute Gasteiger partial charge is 0.382 e. The van der Waals surface area contributed by atoms with Crippen molar-refractivity contribution in [3.05, 3.63) is 35.3 Å². The zero-order valence-corrected chi connectivity index (χ0v) is 22.7. The van der Waals surface area contributed by atoms with E-state index < -0.39 is 54.9 Å². The predicted octanol–water partition coefficient (Wildman–Crippen LogP) is 3.25. The Hall–Kier alpha value is -3.82. The summed E-state index contributed by atoms with van der Waals surface area (Å²) in [5.41, 5.74) is 0.802. The van der Waals surface area contributed by atoms with E-state index in [-0.39, 0.29) is 42.8 Å². The molecule has 12 nitrogen and oxygen atoms in total. The molecule has 2 saturated carbocycles. The zero-order chi connectivity index (χ0) is 30.0. The lowest BCUT2D eigenvalue weighted by molar-refractivity contribution is -0.150. The van der Waals surface area contributed by atoms with Crippen molar-refractivity contribution < 1.29 is 41.3 Å². The molecule has 3 aliphatic rings. The number of rotatable bonds is 10. The minimum absolute atomic E-state index is 0.00180. The molecule has 16 heteroatoms. The quantitative estimate of drug-likeness (QED) is 0.353. The van der Waals surface area contributed by atoms with Gasteiger partial charge in [-0.25, -0.2) is 18.8 Å². The molecule has 5 rings (SSSR count). The van der Waals surface area contributed by atoms with Crippen molar-refractivity contribution in [3.63, 3.8) is 0 Å². The molecule has 1 saturated heterocycles. The fourth-order valence-electron chi connectivity index (χ4n) is 5.46. The Labute approximate surface area is 237 Å². The Balaban J connectivity index is 1.34. The molecule has 0 aromatic carbocycles. The maximum atomic E-state index is 13.9. The summed E-state index contributed by atoms with van der Waals surface area (Å²) in [5, 5.41) is 14.9. The molecule has 3 N–H and O–H groups in total. The largest absolute Gasteiger partial charge is 0.410 e. The number of hydrogen-bond donors (Lipinski definition) is 3. The minimum Gasteiger partial charge on any atom is -0.382 e. The molecule has 2 aromatic heterocycles. The number of nitrogens with zero attached hydrogens (tertiary/aromatic N) is 4. The van der Waals surface area contributed by atoms with Crippen molar-refractivity contribution in [1.82, 2.24) is 30.8 Å². The summed E-state index contributed by atoms with van der Waals surface area (Å²) in [5.74, 6) is -1.50. The number of nitrogens with one attached hydrogen (secondary N) is 3. The van der Waals surface area contributed by atoms with Crippen LogP contribution < -0.4 is 16.0 Å². The van der Waals surface area contributed by atoms with E-state index in [1.165, 1.54) is 25.4 Å². The number of methoxy groups -OCH3 is 1. The van der Waals surface area contributed by atoms with Gasteiger partial charge in [-0.1, -0.05) is 5.16 Å². The van der Waals surface area contributed by atoms with Crippen LogP contribution >= 0.6 is 0 Å². The molecular weight excluding hydrogens is 566 g/mol.